The predicted octanol–water partition coefficient (Wildman–Crippen LogP) is 8.35. The van der Waals surface area contributed by atoms with Crippen LogP contribution in [0.15, 0.2) is 23.8 Å². The van der Waals surface area contributed by atoms with Crippen LogP contribution in [0.25, 0.3) is 5.53 Å². The standard InChI is InChI=1S/C41H72N3O10P/c1-5-6-7-8-9-10-11-12-13-14-17-20-23-29-39(45)51-34-36(35-53-55(48,49)52-33-31-44(2,3)4)54-40(46)30-24-21-18-15-16-19-22-25-32-50-41(47)37-27-26-28-38(37)43-42/h26-28,36H,5-25,29-35H2,1-4H3/t36-/m0/s1. The first-order valence-corrected chi connectivity index (χ1v) is 22.4. The Bertz CT molecular complexity index is 1240. The molecule has 1 aliphatic rings. The fourth-order valence-corrected chi connectivity index (χ4v) is 6.62. The summed E-state index contributed by atoms with van der Waals surface area (Å²) >= 11 is 0. The Labute approximate surface area is 331 Å². The van der Waals surface area contributed by atoms with Crippen molar-refractivity contribution in [2.75, 3.05) is 54.1 Å². The second kappa shape index (κ2) is 31.4. The van der Waals surface area contributed by atoms with Crippen LogP contribution in [0, 0.1) is 0 Å². The van der Waals surface area contributed by atoms with E-state index >= 15 is 0 Å². The van der Waals surface area contributed by atoms with Crippen LogP contribution in [0.2, 0.25) is 0 Å². The molecule has 0 amide bonds. The average Bonchev–Trinajstić information content (AvgIpc) is 3.62. The number of esters is 3. The molecule has 14 heteroatoms. The normalized spacial score (nSPS) is 14.3. The quantitative estimate of drug-likeness (QED) is 0.0114. The minimum absolute atomic E-state index is 0.0577. The topological polar surface area (TPSA) is 174 Å². The molecule has 0 saturated heterocycles. The van der Waals surface area contributed by atoms with E-state index in [1.807, 2.05) is 21.1 Å². The summed E-state index contributed by atoms with van der Waals surface area (Å²) in [5, 5.41) is 0. The maximum Gasteiger partial charge on any atom is 0.346 e. The van der Waals surface area contributed by atoms with Gasteiger partial charge in [0.1, 0.15) is 25.3 Å². The van der Waals surface area contributed by atoms with E-state index in [1.165, 1.54) is 63.9 Å². The van der Waals surface area contributed by atoms with Crippen LogP contribution in [0.1, 0.15) is 155 Å². The molecule has 0 bridgehead atoms. The lowest BCUT2D eigenvalue weighted by Gasteiger charge is -2.28. The molecule has 0 aromatic carbocycles. The molecular weight excluding hydrogens is 725 g/mol. The van der Waals surface area contributed by atoms with E-state index in [2.05, 4.69) is 11.7 Å². The summed E-state index contributed by atoms with van der Waals surface area (Å²) in [7, 11) is 1.07. The van der Waals surface area contributed by atoms with Gasteiger partial charge in [0.25, 0.3) is 7.82 Å². The average molecular weight is 798 g/mol. The number of nitrogens with zero attached hydrogens (tertiary/aromatic N) is 3. The number of hydrogen-bond acceptors (Lipinski definition) is 10. The number of carbonyl (C=O) groups is 3. The molecule has 0 fully saturated rings. The van der Waals surface area contributed by atoms with Gasteiger partial charge in [-0.3, -0.25) is 14.2 Å². The number of ether oxygens (including phenoxy) is 3. The van der Waals surface area contributed by atoms with E-state index < -0.39 is 38.4 Å². The molecule has 0 aromatic rings. The molecule has 1 aliphatic carbocycles. The summed E-state index contributed by atoms with van der Waals surface area (Å²) in [6.07, 6.45) is 26.8. The molecular formula is C41H72N3O10P. The van der Waals surface area contributed by atoms with E-state index in [0.29, 0.717) is 30.5 Å². The van der Waals surface area contributed by atoms with Gasteiger partial charge in [-0.25, -0.2) is 4.79 Å². The van der Waals surface area contributed by atoms with E-state index in [-0.39, 0.29) is 37.3 Å². The molecule has 1 unspecified atom stereocenters. The van der Waals surface area contributed by atoms with E-state index in [0.717, 1.165) is 64.2 Å². The zero-order valence-corrected chi connectivity index (χ0v) is 35.4. The number of rotatable bonds is 36. The summed E-state index contributed by atoms with van der Waals surface area (Å²) in [6.45, 7) is 2.13. The minimum Gasteiger partial charge on any atom is -0.756 e. The van der Waals surface area contributed by atoms with Crippen molar-refractivity contribution < 1.29 is 56.4 Å². The van der Waals surface area contributed by atoms with Gasteiger partial charge in [-0.1, -0.05) is 129 Å². The van der Waals surface area contributed by atoms with E-state index in [9.17, 15) is 23.8 Å². The Hall–Kier alpha value is -2.66. The van der Waals surface area contributed by atoms with Gasteiger partial charge in [0.15, 0.2) is 6.10 Å². The number of allylic oxidation sites excluding steroid dienone is 3. The third-order valence-corrected chi connectivity index (χ3v) is 10.2. The molecule has 55 heavy (non-hydrogen) atoms. The Morgan fingerprint density at radius 2 is 1.22 bits per heavy atom. The van der Waals surface area contributed by atoms with Gasteiger partial charge in [0, 0.05) is 18.9 Å². The molecule has 0 saturated carbocycles. The minimum atomic E-state index is -4.66. The number of quaternary nitrogens is 1. The molecule has 0 N–H and O–H groups in total. The van der Waals surface area contributed by atoms with Crippen molar-refractivity contribution in [1.82, 2.24) is 0 Å². The number of carbonyl (C=O) groups excluding carboxylic acids is 3. The Balaban J connectivity index is 2.29. The molecule has 0 aliphatic heterocycles. The second-order valence-corrected chi connectivity index (χ2v) is 16.9. The van der Waals surface area contributed by atoms with Crippen LogP contribution in [0.5, 0.6) is 0 Å². The molecule has 13 nitrogen and oxygen atoms in total. The number of unbranched alkanes of at least 4 members (excludes halogenated alkanes) is 19. The maximum absolute atomic E-state index is 12.7. The fourth-order valence-electron chi connectivity index (χ4n) is 5.89. The molecule has 0 aromatic heterocycles. The highest BCUT2D eigenvalue weighted by molar-refractivity contribution is 7.45. The third-order valence-electron chi connectivity index (χ3n) is 9.27. The highest BCUT2D eigenvalue weighted by Gasteiger charge is 2.25. The van der Waals surface area contributed by atoms with E-state index in [4.69, 9.17) is 28.8 Å². The van der Waals surface area contributed by atoms with Crippen LogP contribution < -0.4 is 4.89 Å². The Morgan fingerprint density at radius 3 is 1.75 bits per heavy atom. The maximum atomic E-state index is 12.7. The number of phosphoric acid groups is 1. The van der Waals surface area contributed by atoms with Crippen molar-refractivity contribution in [2.24, 2.45) is 0 Å². The van der Waals surface area contributed by atoms with Gasteiger partial charge in [0.2, 0.25) is 0 Å². The van der Waals surface area contributed by atoms with Crippen molar-refractivity contribution in [2.45, 2.75) is 161 Å². The summed E-state index contributed by atoms with van der Waals surface area (Å²) in [5.74, 6) is -1.42. The van der Waals surface area contributed by atoms with Crippen LogP contribution >= 0.6 is 7.82 Å². The van der Waals surface area contributed by atoms with Gasteiger partial charge >= 0.3 is 23.6 Å². The highest BCUT2D eigenvalue weighted by atomic mass is 31.2. The number of phosphoric ester groups is 1. The van der Waals surface area contributed by atoms with Crippen molar-refractivity contribution in [3.05, 3.63) is 29.3 Å². The molecule has 2 atom stereocenters. The lowest BCUT2D eigenvalue weighted by molar-refractivity contribution is -0.870. The van der Waals surface area contributed by atoms with Gasteiger partial charge < -0.3 is 38.2 Å². The van der Waals surface area contributed by atoms with Crippen molar-refractivity contribution in [3.8, 4) is 0 Å². The smallest absolute Gasteiger partial charge is 0.346 e. The van der Waals surface area contributed by atoms with Gasteiger partial charge in [-0.15, -0.1) is 0 Å². The first kappa shape index (κ1) is 50.4. The third kappa shape index (κ3) is 29.3. The largest absolute Gasteiger partial charge is 0.756 e. The summed E-state index contributed by atoms with van der Waals surface area (Å²) < 4.78 is 39.0. The van der Waals surface area contributed by atoms with Gasteiger partial charge in [-0.2, -0.15) is 4.79 Å². The van der Waals surface area contributed by atoms with Crippen LogP contribution in [0.4, 0.5) is 0 Å². The van der Waals surface area contributed by atoms with Crippen molar-refractivity contribution in [1.29, 1.82) is 0 Å². The summed E-state index contributed by atoms with van der Waals surface area (Å²) in [5.41, 5.74) is 9.36. The first-order chi connectivity index (χ1) is 26.4. The second-order valence-electron chi connectivity index (χ2n) is 15.5. The molecule has 1 rings (SSSR count). The molecule has 316 valence electrons. The van der Waals surface area contributed by atoms with E-state index in [1.54, 1.807) is 12.2 Å². The van der Waals surface area contributed by atoms with Crippen LogP contribution in [0.3, 0.4) is 0 Å². The zero-order chi connectivity index (χ0) is 40.6. The predicted molar refractivity (Wildman–Crippen MR) is 212 cm³/mol. The lowest BCUT2D eigenvalue weighted by atomic mass is 10.0. The van der Waals surface area contributed by atoms with Crippen molar-refractivity contribution in [3.63, 3.8) is 0 Å². The zero-order valence-electron chi connectivity index (χ0n) is 34.5. The summed E-state index contributed by atoms with van der Waals surface area (Å²) in [6, 6.07) is 0. The molecule has 0 heterocycles. The first-order valence-electron chi connectivity index (χ1n) is 20.9. The number of likely N-dealkylation sites (N-methyl/N-ethyl adjacent to an activating group) is 1. The monoisotopic (exact) mass is 797 g/mol. The molecule has 0 spiro atoms. The number of hydrogen-bond donors (Lipinski definition) is 0. The van der Waals surface area contributed by atoms with Crippen LogP contribution in [-0.2, 0) is 42.2 Å². The lowest BCUT2D eigenvalue weighted by Crippen LogP contribution is -2.37. The van der Waals surface area contributed by atoms with Gasteiger partial charge in [0.05, 0.1) is 34.4 Å². The van der Waals surface area contributed by atoms with Gasteiger partial charge in [-0.05, 0) is 25.3 Å². The fraction of sp³-hybridized carbons (Fsp3) is 0.805. The summed E-state index contributed by atoms with van der Waals surface area (Å²) in [4.78, 5) is 52.6. The van der Waals surface area contributed by atoms with Crippen LogP contribution in [-0.4, -0.2) is 93.1 Å². The van der Waals surface area contributed by atoms with Crippen molar-refractivity contribution >= 4 is 31.4 Å². The SMILES string of the molecule is CCCCCCCCCCCCCCCC(=O)OC[C@@H](COP(=O)([O-])OCC[N+](C)(C)C)OC(=O)CCCCCCCCCCOC(=O)C1=CC=CC1=[N+]=[N-]. The Morgan fingerprint density at radius 1 is 0.709 bits per heavy atom. The molecule has 0 radical (unpaired) electrons. The Kier molecular flexibility index (Phi) is 28.8. The highest BCUT2D eigenvalue weighted by Crippen LogP contribution is 2.38.